The molecule has 2 aromatic heterocycles. The molecule has 3 heterocycles. The Kier molecular flexibility index (Phi) is 5.03. The van der Waals surface area contributed by atoms with Gasteiger partial charge in [0.2, 0.25) is 0 Å². The van der Waals surface area contributed by atoms with E-state index in [1.54, 1.807) is 24.3 Å². The lowest BCUT2D eigenvalue weighted by atomic mass is 9.99. The number of aryl methyl sites for hydroxylation is 1. The fraction of sp³-hybridized carbons (Fsp3) is 0.0870. The second-order valence-electron chi connectivity index (χ2n) is 7.46. The van der Waals surface area contributed by atoms with Crippen LogP contribution < -0.4 is 4.90 Å². The number of hydrogen-bond acceptors (Lipinski definition) is 8. The first-order valence-electron chi connectivity index (χ1n) is 9.81. The van der Waals surface area contributed by atoms with E-state index in [9.17, 15) is 24.8 Å². The third-order valence-corrected chi connectivity index (χ3v) is 7.30. The van der Waals surface area contributed by atoms with Gasteiger partial charge in [-0.3, -0.25) is 24.6 Å². The number of benzene rings is 2. The van der Waals surface area contributed by atoms with Gasteiger partial charge >= 0.3 is 5.91 Å². The Morgan fingerprint density at radius 3 is 2.58 bits per heavy atom. The molecule has 1 aliphatic heterocycles. The molecule has 5 rings (SSSR count). The van der Waals surface area contributed by atoms with Crippen molar-refractivity contribution in [2.45, 2.75) is 13.0 Å². The van der Waals surface area contributed by atoms with E-state index < -0.39 is 22.7 Å². The number of aliphatic hydroxyl groups is 1. The lowest BCUT2D eigenvalue weighted by Gasteiger charge is -2.21. The number of nitrogens with zero attached hydrogens (tertiary/aromatic N) is 3. The predicted octanol–water partition coefficient (Wildman–Crippen LogP) is 5.20. The average molecular weight is 478 g/mol. The van der Waals surface area contributed by atoms with E-state index in [0.29, 0.717) is 20.7 Å². The van der Waals surface area contributed by atoms with E-state index in [1.165, 1.54) is 34.4 Å². The number of thiophene rings is 1. The van der Waals surface area contributed by atoms with E-state index in [0.717, 1.165) is 16.9 Å². The van der Waals surface area contributed by atoms with Crippen LogP contribution >= 0.6 is 22.7 Å². The maximum atomic E-state index is 13.2. The number of aromatic nitrogens is 1. The van der Waals surface area contributed by atoms with Crippen LogP contribution in [0, 0.1) is 17.0 Å². The number of rotatable bonds is 4. The average Bonchev–Trinajstić information content (AvgIpc) is 3.52. The van der Waals surface area contributed by atoms with Crippen molar-refractivity contribution in [3.63, 3.8) is 0 Å². The lowest BCUT2D eigenvalue weighted by Crippen LogP contribution is -2.28. The van der Waals surface area contributed by atoms with Crippen molar-refractivity contribution in [1.82, 2.24) is 4.98 Å². The largest absolute Gasteiger partial charge is 0.507 e. The van der Waals surface area contributed by atoms with Gasteiger partial charge in [0.25, 0.3) is 11.5 Å². The van der Waals surface area contributed by atoms with Crippen molar-refractivity contribution >= 4 is 61.2 Å². The second-order valence-corrected chi connectivity index (χ2v) is 9.44. The Hall–Kier alpha value is -3.89. The SMILES string of the molecule is Cc1ccc(/C(O)=C2\C(=O)C(=O)N(c3nc4ccc([N+](=O)[O-])cc4s3)C2c2cccs2)cc1. The van der Waals surface area contributed by atoms with Crippen LogP contribution in [0.2, 0.25) is 0 Å². The van der Waals surface area contributed by atoms with Gasteiger partial charge in [-0.15, -0.1) is 11.3 Å². The van der Waals surface area contributed by atoms with Crippen LogP contribution in [0.4, 0.5) is 10.8 Å². The summed E-state index contributed by atoms with van der Waals surface area (Å²) in [6.45, 7) is 1.91. The molecule has 33 heavy (non-hydrogen) atoms. The van der Waals surface area contributed by atoms with Crippen LogP contribution in [0.25, 0.3) is 16.0 Å². The van der Waals surface area contributed by atoms with Gasteiger partial charge in [-0.1, -0.05) is 47.2 Å². The van der Waals surface area contributed by atoms with E-state index in [-0.39, 0.29) is 22.2 Å². The van der Waals surface area contributed by atoms with Crippen LogP contribution in [0.1, 0.15) is 22.0 Å². The normalized spacial score (nSPS) is 17.7. The molecule has 0 bridgehead atoms. The number of anilines is 1. The Bertz CT molecular complexity index is 1460. The molecule has 0 aliphatic carbocycles. The first-order chi connectivity index (χ1) is 15.8. The summed E-state index contributed by atoms with van der Waals surface area (Å²) in [5.74, 6) is -1.88. The summed E-state index contributed by atoms with van der Waals surface area (Å²) in [7, 11) is 0. The minimum absolute atomic E-state index is 0.0171. The van der Waals surface area contributed by atoms with Crippen LogP contribution in [-0.2, 0) is 9.59 Å². The molecule has 1 atom stereocenters. The monoisotopic (exact) mass is 477 g/mol. The number of fused-ring (bicyclic) bond motifs is 1. The number of non-ortho nitro benzene ring substituents is 1. The maximum absolute atomic E-state index is 13.2. The molecule has 1 N–H and O–H groups in total. The highest BCUT2D eigenvalue weighted by molar-refractivity contribution is 7.22. The Balaban J connectivity index is 1.69. The summed E-state index contributed by atoms with van der Waals surface area (Å²) in [6, 6.07) is 14.0. The van der Waals surface area contributed by atoms with Crippen molar-refractivity contribution in [2.24, 2.45) is 0 Å². The number of nitro groups is 1. The van der Waals surface area contributed by atoms with E-state index in [1.807, 2.05) is 24.4 Å². The van der Waals surface area contributed by atoms with Gasteiger partial charge in [0.15, 0.2) is 5.13 Å². The molecular formula is C23H15N3O5S2. The van der Waals surface area contributed by atoms with Gasteiger partial charge in [0.1, 0.15) is 11.8 Å². The van der Waals surface area contributed by atoms with Gasteiger partial charge in [-0.05, 0) is 24.4 Å². The van der Waals surface area contributed by atoms with Crippen molar-refractivity contribution in [3.05, 3.63) is 91.7 Å². The summed E-state index contributed by atoms with van der Waals surface area (Å²) in [6.07, 6.45) is 0. The first-order valence-corrected chi connectivity index (χ1v) is 11.5. The minimum atomic E-state index is -0.859. The Labute approximate surface area is 195 Å². The van der Waals surface area contributed by atoms with Gasteiger partial charge in [-0.2, -0.15) is 0 Å². The molecule has 2 aromatic carbocycles. The number of thiazole rings is 1. The summed E-state index contributed by atoms with van der Waals surface area (Å²) in [5, 5.41) is 24.2. The van der Waals surface area contributed by atoms with Crippen molar-refractivity contribution in [3.8, 4) is 0 Å². The van der Waals surface area contributed by atoms with Gasteiger partial charge in [-0.25, -0.2) is 4.98 Å². The Morgan fingerprint density at radius 2 is 1.91 bits per heavy atom. The number of hydrogen-bond donors (Lipinski definition) is 1. The number of ketones is 1. The molecule has 0 radical (unpaired) electrons. The number of carbonyl (C=O) groups excluding carboxylic acids is 2. The van der Waals surface area contributed by atoms with Crippen LogP contribution in [0.15, 0.2) is 65.6 Å². The smallest absolute Gasteiger partial charge is 0.301 e. The van der Waals surface area contributed by atoms with E-state index in [2.05, 4.69) is 4.98 Å². The number of nitro benzene ring substituents is 1. The minimum Gasteiger partial charge on any atom is -0.507 e. The number of amides is 1. The molecule has 0 spiro atoms. The quantitative estimate of drug-likeness (QED) is 0.142. The Morgan fingerprint density at radius 1 is 1.15 bits per heavy atom. The number of carbonyl (C=O) groups is 2. The zero-order valence-corrected chi connectivity index (χ0v) is 18.7. The zero-order valence-electron chi connectivity index (χ0n) is 17.1. The topological polar surface area (TPSA) is 114 Å². The van der Waals surface area contributed by atoms with Gasteiger partial charge < -0.3 is 5.11 Å². The lowest BCUT2D eigenvalue weighted by molar-refractivity contribution is -0.384. The summed E-state index contributed by atoms with van der Waals surface area (Å²) in [4.78, 5) is 43.3. The molecule has 1 aliphatic rings. The third-order valence-electron chi connectivity index (χ3n) is 5.36. The number of Topliss-reactive ketones (excluding diaryl/α,β-unsaturated/α-hetero) is 1. The predicted molar refractivity (Wildman–Crippen MR) is 127 cm³/mol. The molecule has 10 heteroatoms. The van der Waals surface area contributed by atoms with Gasteiger partial charge in [0.05, 0.1) is 20.7 Å². The van der Waals surface area contributed by atoms with E-state index >= 15 is 0 Å². The number of aliphatic hydroxyl groups excluding tert-OH is 1. The highest BCUT2D eigenvalue weighted by atomic mass is 32.1. The molecule has 4 aromatic rings. The van der Waals surface area contributed by atoms with Crippen LogP contribution in [-0.4, -0.2) is 26.7 Å². The molecule has 8 nitrogen and oxygen atoms in total. The van der Waals surface area contributed by atoms with Crippen LogP contribution in [0.3, 0.4) is 0 Å². The third kappa shape index (κ3) is 3.49. The highest BCUT2D eigenvalue weighted by Gasteiger charge is 2.48. The maximum Gasteiger partial charge on any atom is 0.301 e. The van der Waals surface area contributed by atoms with E-state index in [4.69, 9.17) is 0 Å². The highest BCUT2D eigenvalue weighted by Crippen LogP contribution is 2.45. The van der Waals surface area contributed by atoms with Crippen molar-refractivity contribution in [1.29, 1.82) is 0 Å². The summed E-state index contributed by atoms with van der Waals surface area (Å²) in [5.41, 5.74) is 1.79. The van der Waals surface area contributed by atoms with Crippen molar-refractivity contribution < 1.29 is 19.6 Å². The molecule has 1 amide bonds. The zero-order chi connectivity index (χ0) is 23.3. The molecule has 1 unspecified atom stereocenters. The first kappa shape index (κ1) is 21.0. The van der Waals surface area contributed by atoms with Crippen molar-refractivity contribution in [2.75, 3.05) is 4.90 Å². The molecular weight excluding hydrogens is 462 g/mol. The fourth-order valence-corrected chi connectivity index (χ4v) is 5.58. The standard InChI is InChI=1S/C23H15N3O5S2/c1-12-4-6-13(7-5-12)20(27)18-19(16-3-2-10-32-16)25(22(29)21(18)28)23-24-15-9-8-14(26(30)31)11-17(15)33-23/h2-11,19,27H,1H3/b20-18+. The summed E-state index contributed by atoms with van der Waals surface area (Å²) >= 11 is 2.43. The molecule has 0 saturated carbocycles. The van der Waals surface area contributed by atoms with Gasteiger partial charge in [0, 0.05) is 22.6 Å². The fourth-order valence-electron chi connectivity index (χ4n) is 3.73. The molecule has 1 fully saturated rings. The van der Waals surface area contributed by atoms with Crippen LogP contribution in [0.5, 0.6) is 0 Å². The molecule has 164 valence electrons. The second kappa shape index (κ2) is 7.91. The summed E-state index contributed by atoms with van der Waals surface area (Å²) < 4.78 is 0.518. The molecule has 1 saturated heterocycles.